The third kappa shape index (κ3) is 4.15. The van der Waals surface area contributed by atoms with Crippen LogP contribution in [-0.4, -0.2) is 14.8 Å². The number of hydrogen-bond donors (Lipinski definition) is 0. The number of benzene rings is 1. The Bertz CT molecular complexity index is 768. The van der Waals surface area contributed by atoms with Gasteiger partial charge in [0.15, 0.2) is 0 Å². The third-order valence-corrected chi connectivity index (χ3v) is 4.29. The van der Waals surface area contributed by atoms with Crippen LogP contribution in [0.5, 0.6) is 0 Å². The highest BCUT2D eigenvalue weighted by Crippen LogP contribution is 2.29. The molecular formula is C18H17Cl2N3O. The normalized spacial score (nSPS) is 12.3. The van der Waals surface area contributed by atoms with E-state index in [0.717, 1.165) is 16.8 Å². The molecule has 3 aromatic rings. The first-order valence-electron chi connectivity index (χ1n) is 7.56. The zero-order valence-corrected chi connectivity index (χ0v) is 14.7. The van der Waals surface area contributed by atoms with Gasteiger partial charge in [-0.3, -0.25) is 9.67 Å². The minimum absolute atomic E-state index is 0.218. The number of nitrogens with zero attached hydrogens (tertiary/aromatic N) is 3. The SMILES string of the molecule is Cn1ncc(Cl)c1[C@@H](Cc1cccnc1)OCc1ccc(Cl)cc1. The summed E-state index contributed by atoms with van der Waals surface area (Å²) in [6.07, 6.45) is 5.68. The molecule has 0 fully saturated rings. The molecule has 1 aromatic carbocycles. The van der Waals surface area contributed by atoms with Gasteiger partial charge in [0.25, 0.3) is 0 Å². The van der Waals surface area contributed by atoms with E-state index in [9.17, 15) is 0 Å². The molecule has 0 spiro atoms. The van der Waals surface area contributed by atoms with Crippen molar-refractivity contribution in [3.05, 3.63) is 81.9 Å². The van der Waals surface area contributed by atoms with Crippen LogP contribution in [0.2, 0.25) is 10.0 Å². The lowest BCUT2D eigenvalue weighted by molar-refractivity contribution is 0.0346. The van der Waals surface area contributed by atoms with Crippen LogP contribution in [0.3, 0.4) is 0 Å². The van der Waals surface area contributed by atoms with E-state index in [1.807, 2.05) is 49.6 Å². The Morgan fingerprint density at radius 2 is 1.88 bits per heavy atom. The highest BCUT2D eigenvalue weighted by Gasteiger charge is 2.20. The van der Waals surface area contributed by atoms with E-state index >= 15 is 0 Å². The van der Waals surface area contributed by atoms with Crippen molar-refractivity contribution < 1.29 is 4.74 Å². The molecule has 0 amide bonds. The van der Waals surface area contributed by atoms with E-state index in [1.165, 1.54) is 0 Å². The van der Waals surface area contributed by atoms with Crippen LogP contribution in [-0.2, 0) is 24.8 Å². The summed E-state index contributed by atoms with van der Waals surface area (Å²) in [6, 6.07) is 11.6. The van der Waals surface area contributed by atoms with Crippen LogP contribution < -0.4 is 0 Å². The number of hydrogen-bond acceptors (Lipinski definition) is 3. The third-order valence-electron chi connectivity index (χ3n) is 3.75. The fraction of sp³-hybridized carbons (Fsp3) is 0.222. The molecular weight excluding hydrogens is 345 g/mol. The van der Waals surface area contributed by atoms with E-state index in [2.05, 4.69) is 10.1 Å². The maximum absolute atomic E-state index is 6.31. The van der Waals surface area contributed by atoms with Crippen molar-refractivity contribution in [2.75, 3.05) is 0 Å². The van der Waals surface area contributed by atoms with Gasteiger partial charge in [-0.15, -0.1) is 0 Å². The van der Waals surface area contributed by atoms with Crippen LogP contribution in [0.25, 0.3) is 0 Å². The molecule has 0 aliphatic heterocycles. The molecule has 2 aromatic heterocycles. The van der Waals surface area contributed by atoms with Crippen molar-refractivity contribution in [3.8, 4) is 0 Å². The van der Waals surface area contributed by atoms with Crippen molar-refractivity contribution >= 4 is 23.2 Å². The molecule has 3 rings (SSSR count). The predicted octanol–water partition coefficient (Wildman–Crippen LogP) is 4.62. The van der Waals surface area contributed by atoms with Gasteiger partial charge in [-0.05, 0) is 29.3 Å². The van der Waals surface area contributed by atoms with Gasteiger partial charge in [-0.1, -0.05) is 41.4 Å². The number of ether oxygens (including phenoxy) is 1. The van der Waals surface area contributed by atoms with Crippen LogP contribution >= 0.6 is 23.2 Å². The predicted molar refractivity (Wildman–Crippen MR) is 95.1 cm³/mol. The van der Waals surface area contributed by atoms with Gasteiger partial charge in [-0.25, -0.2) is 0 Å². The lowest BCUT2D eigenvalue weighted by Gasteiger charge is -2.19. The van der Waals surface area contributed by atoms with Crippen LogP contribution in [0.15, 0.2) is 55.0 Å². The topological polar surface area (TPSA) is 39.9 Å². The summed E-state index contributed by atoms with van der Waals surface area (Å²) >= 11 is 12.2. The number of aryl methyl sites for hydroxylation is 1. The van der Waals surface area contributed by atoms with Crippen molar-refractivity contribution in [1.82, 2.24) is 14.8 Å². The number of aromatic nitrogens is 3. The van der Waals surface area contributed by atoms with E-state index in [1.54, 1.807) is 17.1 Å². The highest BCUT2D eigenvalue weighted by atomic mass is 35.5. The number of halogens is 2. The summed E-state index contributed by atoms with van der Waals surface area (Å²) in [5, 5.41) is 5.53. The van der Waals surface area contributed by atoms with Gasteiger partial charge in [-0.2, -0.15) is 5.10 Å². The molecule has 24 heavy (non-hydrogen) atoms. The Labute approximate surface area is 151 Å². The summed E-state index contributed by atoms with van der Waals surface area (Å²) in [5.74, 6) is 0. The minimum Gasteiger partial charge on any atom is -0.367 e. The fourth-order valence-corrected chi connectivity index (χ4v) is 2.94. The van der Waals surface area contributed by atoms with Crippen LogP contribution in [0.4, 0.5) is 0 Å². The second kappa shape index (κ2) is 7.79. The Morgan fingerprint density at radius 3 is 2.50 bits per heavy atom. The molecule has 1 atom stereocenters. The summed E-state index contributed by atoms with van der Waals surface area (Å²) in [5.41, 5.74) is 2.99. The van der Waals surface area contributed by atoms with Crippen molar-refractivity contribution in [2.24, 2.45) is 7.05 Å². The minimum atomic E-state index is -0.218. The largest absolute Gasteiger partial charge is 0.367 e. The first kappa shape index (κ1) is 17.0. The monoisotopic (exact) mass is 361 g/mol. The van der Waals surface area contributed by atoms with Gasteiger partial charge in [0.2, 0.25) is 0 Å². The number of rotatable bonds is 6. The molecule has 0 saturated heterocycles. The smallest absolute Gasteiger partial charge is 0.105 e. The van der Waals surface area contributed by atoms with Crippen molar-refractivity contribution in [3.63, 3.8) is 0 Å². The average Bonchev–Trinajstić information content (AvgIpc) is 2.93. The molecule has 124 valence electrons. The van der Waals surface area contributed by atoms with Gasteiger partial charge in [0.05, 0.1) is 23.5 Å². The van der Waals surface area contributed by atoms with Crippen molar-refractivity contribution in [1.29, 1.82) is 0 Å². The molecule has 0 N–H and O–H groups in total. The molecule has 6 heteroatoms. The molecule has 0 aliphatic rings. The lowest BCUT2D eigenvalue weighted by atomic mass is 10.1. The maximum atomic E-state index is 6.31. The molecule has 0 unspecified atom stereocenters. The highest BCUT2D eigenvalue weighted by molar-refractivity contribution is 6.31. The maximum Gasteiger partial charge on any atom is 0.105 e. The Hall–Kier alpha value is -1.88. The summed E-state index contributed by atoms with van der Waals surface area (Å²) < 4.78 is 7.92. The quantitative estimate of drug-likeness (QED) is 0.642. The van der Waals surface area contributed by atoms with Crippen LogP contribution in [0, 0.1) is 0 Å². The standard InChI is InChI=1S/C18H17Cl2N3O/c1-23-18(16(20)11-22-23)17(9-14-3-2-8-21-10-14)24-12-13-4-6-15(19)7-5-13/h2-8,10-11,17H,9,12H2,1H3/t17-/m1/s1. The second-order valence-electron chi connectivity index (χ2n) is 5.49. The van der Waals surface area contributed by atoms with Crippen molar-refractivity contribution in [2.45, 2.75) is 19.1 Å². The van der Waals surface area contributed by atoms with E-state index in [4.69, 9.17) is 27.9 Å². The lowest BCUT2D eigenvalue weighted by Crippen LogP contribution is -2.13. The Morgan fingerprint density at radius 1 is 1.08 bits per heavy atom. The van der Waals surface area contributed by atoms with Gasteiger partial charge in [0, 0.05) is 30.9 Å². The Kier molecular flexibility index (Phi) is 5.51. The van der Waals surface area contributed by atoms with E-state index < -0.39 is 0 Å². The van der Waals surface area contributed by atoms with Gasteiger partial charge >= 0.3 is 0 Å². The number of pyridine rings is 1. The van der Waals surface area contributed by atoms with E-state index in [0.29, 0.717) is 23.1 Å². The summed E-state index contributed by atoms with van der Waals surface area (Å²) in [6.45, 7) is 0.462. The molecule has 0 aliphatic carbocycles. The zero-order valence-electron chi connectivity index (χ0n) is 13.2. The summed E-state index contributed by atoms with van der Waals surface area (Å²) in [4.78, 5) is 4.17. The first-order valence-corrected chi connectivity index (χ1v) is 8.31. The van der Waals surface area contributed by atoms with Gasteiger partial charge < -0.3 is 4.74 Å². The molecule has 0 radical (unpaired) electrons. The first-order chi connectivity index (χ1) is 11.6. The second-order valence-corrected chi connectivity index (χ2v) is 6.34. The zero-order chi connectivity index (χ0) is 16.9. The molecule has 2 heterocycles. The Balaban J connectivity index is 1.80. The molecule has 4 nitrogen and oxygen atoms in total. The van der Waals surface area contributed by atoms with E-state index in [-0.39, 0.29) is 6.10 Å². The van der Waals surface area contributed by atoms with Gasteiger partial charge in [0.1, 0.15) is 6.10 Å². The molecule has 0 saturated carbocycles. The van der Waals surface area contributed by atoms with Crippen LogP contribution in [0.1, 0.15) is 22.9 Å². The molecule has 0 bridgehead atoms. The fourth-order valence-electron chi connectivity index (χ4n) is 2.53. The average molecular weight is 362 g/mol. The summed E-state index contributed by atoms with van der Waals surface area (Å²) in [7, 11) is 1.86.